The number of rotatable bonds is 3. The number of fused-ring (bicyclic) bond motifs is 4. The van der Waals surface area contributed by atoms with Crippen molar-refractivity contribution in [2.24, 2.45) is 17.8 Å². The van der Waals surface area contributed by atoms with E-state index in [1.165, 1.54) is 4.90 Å². The van der Waals surface area contributed by atoms with Crippen molar-refractivity contribution in [3.63, 3.8) is 0 Å². The number of nitrogens with zero attached hydrogens (tertiary/aromatic N) is 1. The van der Waals surface area contributed by atoms with Crippen molar-refractivity contribution in [1.82, 2.24) is 10.2 Å². The van der Waals surface area contributed by atoms with Gasteiger partial charge >= 0.3 is 0 Å². The number of amides is 3. The van der Waals surface area contributed by atoms with E-state index >= 15 is 0 Å². The van der Waals surface area contributed by atoms with E-state index in [1.54, 1.807) is 0 Å². The molecule has 5 atom stereocenters. The van der Waals surface area contributed by atoms with Crippen LogP contribution < -0.4 is 10.6 Å². The fraction of sp³-hybridized carbons (Fsp3) is 0.571. The van der Waals surface area contributed by atoms with Gasteiger partial charge in [0.1, 0.15) is 5.54 Å². The van der Waals surface area contributed by atoms with Crippen LogP contribution in [0.1, 0.15) is 45.2 Å². The number of anilines is 1. The summed E-state index contributed by atoms with van der Waals surface area (Å²) in [5.41, 5.74) is 1.36. The van der Waals surface area contributed by atoms with Crippen molar-refractivity contribution in [2.45, 2.75) is 58.7 Å². The van der Waals surface area contributed by atoms with Gasteiger partial charge in [-0.3, -0.25) is 24.6 Å². The lowest BCUT2D eigenvalue weighted by Gasteiger charge is -2.32. The second kappa shape index (κ2) is 5.89. The number of aryl methyl sites for hydroxylation is 1. The predicted molar refractivity (Wildman–Crippen MR) is 102 cm³/mol. The molecule has 0 saturated carbocycles. The topological polar surface area (TPSA) is 78.5 Å². The van der Waals surface area contributed by atoms with Crippen LogP contribution in [0, 0.1) is 24.7 Å². The average Bonchev–Trinajstić information content (AvgIpc) is 3.20. The van der Waals surface area contributed by atoms with Crippen molar-refractivity contribution >= 4 is 23.4 Å². The molecule has 4 rings (SSSR count). The third kappa shape index (κ3) is 2.19. The molecule has 6 nitrogen and oxygen atoms in total. The van der Waals surface area contributed by atoms with Crippen molar-refractivity contribution in [3.05, 3.63) is 29.3 Å². The second-order valence-corrected chi connectivity index (χ2v) is 8.53. The molecule has 144 valence electrons. The van der Waals surface area contributed by atoms with E-state index < -0.39 is 17.4 Å². The van der Waals surface area contributed by atoms with Gasteiger partial charge in [-0.1, -0.05) is 38.5 Å². The molecule has 0 unspecified atom stereocenters. The molecule has 6 heteroatoms. The Kier molecular flexibility index (Phi) is 3.97. The van der Waals surface area contributed by atoms with E-state index in [1.807, 2.05) is 52.8 Å². The Morgan fingerprint density at radius 1 is 1.15 bits per heavy atom. The third-order valence-electron chi connectivity index (χ3n) is 6.59. The molecule has 3 amide bonds. The molecular formula is C21H27N3O3. The maximum Gasteiger partial charge on any atom is 0.250 e. The molecule has 1 aromatic rings. The highest BCUT2D eigenvalue weighted by atomic mass is 16.2. The number of imide groups is 1. The first kappa shape index (κ1) is 18.2. The lowest BCUT2D eigenvalue weighted by Crippen LogP contribution is -2.54. The Bertz CT molecular complexity index is 849. The van der Waals surface area contributed by atoms with Gasteiger partial charge in [0.25, 0.3) is 0 Å². The van der Waals surface area contributed by atoms with Gasteiger partial charge in [0.05, 0.1) is 11.8 Å². The van der Waals surface area contributed by atoms with Gasteiger partial charge in [0.15, 0.2) is 0 Å². The summed E-state index contributed by atoms with van der Waals surface area (Å²) < 4.78 is 0. The highest BCUT2D eigenvalue weighted by Gasteiger charge is 2.71. The quantitative estimate of drug-likeness (QED) is 0.801. The SMILES string of the molecule is CC[C@H](C)N1C(=O)[C@@H]2[C@@H](C(C)C)N[C@]3(C(=O)Nc4ccc(C)cc43)[C@@H]2C1=O. The fourth-order valence-electron chi connectivity index (χ4n) is 5.06. The molecule has 2 N–H and O–H groups in total. The molecule has 1 spiro atoms. The summed E-state index contributed by atoms with van der Waals surface area (Å²) in [4.78, 5) is 41.4. The third-order valence-corrected chi connectivity index (χ3v) is 6.59. The number of benzene rings is 1. The molecule has 3 aliphatic heterocycles. The number of nitrogens with one attached hydrogen (secondary N) is 2. The Labute approximate surface area is 159 Å². The van der Waals surface area contributed by atoms with Gasteiger partial charge in [-0.2, -0.15) is 0 Å². The molecule has 0 aromatic heterocycles. The summed E-state index contributed by atoms with van der Waals surface area (Å²) in [7, 11) is 0. The first-order valence-corrected chi connectivity index (χ1v) is 9.81. The maximum atomic E-state index is 13.5. The van der Waals surface area contributed by atoms with Crippen LogP contribution in [0.15, 0.2) is 18.2 Å². The van der Waals surface area contributed by atoms with E-state index in [2.05, 4.69) is 10.6 Å². The van der Waals surface area contributed by atoms with Gasteiger partial charge in [-0.15, -0.1) is 0 Å². The molecule has 2 fully saturated rings. The Balaban J connectivity index is 1.92. The van der Waals surface area contributed by atoms with Crippen LogP contribution in [0.4, 0.5) is 5.69 Å². The van der Waals surface area contributed by atoms with Crippen LogP contribution in [0.3, 0.4) is 0 Å². The monoisotopic (exact) mass is 369 g/mol. The van der Waals surface area contributed by atoms with Gasteiger partial charge in [0.2, 0.25) is 17.7 Å². The van der Waals surface area contributed by atoms with E-state index in [0.29, 0.717) is 6.42 Å². The van der Waals surface area contributed by atoms with E-state index in [9.17, 15) is 14.4 Å². The fourth-order valence-corrected chi connectivity index (χ4v) is 5.06. The molecule has 0 aliphatic carbocycles. The zero-order chi connectivity index (χ0) is 19.7. The zero-order valence-corrected chi connectivity index (χ0v) is 16.5. The van der Waals surface area contributed by atoms with Gasteiger partial charge in [-0.05, 0) is 32.3 Å². The molecule has 3 heterocycles. The number of hydrogen-bond acceptors (Lipinski definition) is 4. The van der Waals surface area contributed by atoms with Crippen LogP contribution >= 0.6 is 0 Å². The lowest BCUT2D eigenvalue weighted by molar-refractivity contribution is -0.145. The average molecular weight is 369 g/mol. The van der Waals surface area contributed by atoms with E-state index in [-0.39, 0.29) is 35.7 Å². The molecule has 0 bridgehead atoms. The Hall–Kier alpha value is -2.21. The van der Waals surface area contributed by atoms with E-state index in [4.69, 9.17) is 0 Å². The van der Waals surface area contributed by atoms with Crippen LogP contribution in [0.25, 0.3) is 0 Å². The van der Waals surface area contributed by atoms with Crippen molar-refractivity contribution in [3.8, 4) is 0 Å². The zero-order valence-electron chi connectivity index (χ0n) is 16.5. The number of hydrogen-bond donors (Lipinski definition) is 2. The smallest absolute Gasteiger partial charge is 0.250 e. The maximum absolute atomic E-state index is 13.5. The van der Waals surface area contributed by atoms with Crippen LogP contribution in [0.2, 0.25) is 0 Å². The summed E-state index contributed by atoms with van der Waals surface area (Å²) >= 11 is 0. The summed E-state index contributed by atoms with van der Waals surface area (Å²) in [6.45, 7) is 9.89. The summed E-state index contributed by atoms with van der Waals surface area (Å²) in [5, 5.41) is 6.40. The van der Waals surface area contributed by atoms with Crippen molar-refractivity contribution < 1.29 is 14.4 Å². The van der Waals surface area contributed by atoms with Crippen LogP contribution in [-0.2, 0) is 19.9 Å². The van der Waals surface area contributed by atoms with Crippen LogP contribution in [0.5, 0.6) is 0 Å². The highest BCUT2D eigenvalue weighted by molar-refractivity contribution is 6.15. The standard InChI is InChI=1S/C21H27N3O3/c1-6-12(5)24-18(25)15-16(19(24)26)21(23-17(15)10(2)3)13-9-11(4)7-8-14(13)22-20(21)27/h7-10,12,15-17,23H,6H2,1-5H3,(H,22,27)/t12-,15-,16-,17+,21-/m0/s1. The summed E-state index contributed by atoms with van der Waals surface area (Å²) in [6, 6.07) is 5.39. The van der Waals surface area contributed by atoms with Gasteiger partial charge in [0, 0.05) is 23.3 Å². The molecule has 1 aromatic carbocycles. The first-order valence-electron chi connectivity index (χ1n) is 9.81. The first-order chi connectivity index (χ1) is 12.7. The Morgan fingerprint density at radius 3 is 2.48 bits per heavy atom. The second-order valence-electron chi connectivity index (χ2n) is 8.53. The summed E-state index contributed by atoms with van der Waals surface area (Å²) in [5.74, 6) is -1.69. The molecule has 27 heavy (non-hydrogen) atoms. The normalized spacial score (nSPS) is 33.0. The summed E-state index contributed by atoms with van der Waals surface area (Å²) in [6.07, 6.45) is 0.700. The minimum absolute atomic E-state index is 0.118. The largest absolute Gasteiger partial charge is 0.324 e. The van der Waals surface area contributed by atoms with Crippen LogP contribution in [-0.4, -0.2) is 34.7 Å². The van der Waals surface area contributed by atoms with Gasteiger partial charge in [-0.25, -0.2) is 0 Å². The molecule has 0 radical (unpaired) electrons. The van der Waals surface area contributed by atoms with Gasteiger partial charge < -0.3 is 5.32 Å². The molecular weight excluding hydrogens is 342 g/mol. The molecule has 2 saturated heterocycles. The lowest BCUT2D eigenvalue weighted by atomic mass is 9.75. The predicted octanol–water partition coefficient (Wildman–Crippen LogP) is 2.17. The van der Waals surface area contributed by atoms with Crippen molar-refractivity contribution in [1.29, 1.82) is 0 Å². The van der Waals surface area contributed by atoms with E-state index in [0.717, 1.165) is 16.8 Å². The number of carbonyl (C=O) groups excluding carboxylic acids is 3. The minimum Gasteiger partial charge on any atom is -0.324 e. The molecule has 3 aliphatic rings. The van der Waals surface area contributed by atoms with Crippen molar-refractivity contribution in [2.75, 3.05) is 5.32 Å². The highest BCUT2D eigenvalue weighted by Crippen LogP contribution is 2.54. The minimum atomic E-state index is -1.17. The number of carbonyl (C=O) groups is 3. The Morgan fingerprint density at radius 2 is 1.85 bits per heavy atom. The number of likely N-dealkylation sites (tertiary alicyclic amines) is 1.